The number of rotatable bonds is 5. The van der Waals surface area contributed by atoms with Crippen LogP contribution in [0.1, 0.15) is 37.3 Å². The second kappa shape index (κ2) is 6.49. The van der Waals surface area contributed by atoms with Crippen molar-refractivity contribution < 1.29 is 0 Å². The van der Waals surface area contributed by atoms with Crippen molar-refractivity contribution in [3.63, 3.8) is 0 Å². The fourth-order valence-corrected chi connectivity index (χ4v) is 4.06. The fraction of sp³-hybridized carbons (Fsp3) is 0.588. The molecule has 3 heterocycles. The highest BCUT2D eigenvalue weighted by molar-refractivity contribution is 5.92. The number of aromatic amines is 1. The molecule has 0 spiro atoms. The van der Waals surface area contributed by atoms with Gasteiger partial charge in [0.15, 0.2) is 0 Å². The third-order valence-corrected chi connectivity index (χ3v) is 5.31. The second-order valence-corrected chi connectivity index (χ2v) is 7.02. The van der Waals surface area contributed by atoms with Gasteiger partial charge < -0.3 is 15.6 Å². The van der Waals surface area contributed by atoms with Crippen LogP contribution in [0.2, 0.25) is 0 Å². The van der Waals surface area contributed by atoms with Gasteiger partial charge in [-0.05, 0) is 44.7 Å². The number of nitrogens with two attached hydrogens (primary N) is 1. The molecule has 7 nitrogen and oxygen atoms in total. The van der Waals surface area contributed by atoms with E-state index in [1.165, 1.54) is 25.7 Å². The van der Waals surface area contributed by atoms with Crippen LogP contribution in [0.15, 0.2) is 18.6 Å². The Balaban J connectivity index is 1.52. The summed E-state index contributed by atoms with van der Waals surface area (Å²) in [6.07, 6.45) is 8.55. The van der Waals surface area contributed by atoms with Crippen molar-refractivity contribution in [3.8, 4) is 0 Å². The maximum absolute atomic E-state index is 5.64. The molecule has 3 aromatic rings. The van der Waals surface area contributed by atoms with E-state index in [0.717, 1.165) is 47.8 Å². The van der Waals surface area contributed by atoms with E-state index in [-0.39, 0.29) is 0 Å². The van der Waals surface area contributed by atoms with Gasteiger partial charge in [-0.3, -0.25) is 0 Å². The maximum atomic E-state index is 5.64. The van der Waals surface area contributed by atoms with E-state index in [9.17, 15) is 0 Å². The van der Waals surface area contributed by atoms with Crippen molar-refractivity contribution in [2.24, 2.45) is 11.7 Å². The first-order valence-electron chi connectivity index (χ1n) is 8.82. The number of nitrogens with one attached hydrogen (secondary N) is 1. The topological polar surface area (TPSA) is 88.1 Å². The third-order valence-electron chi connectivity index (χ3n) is 5.31. The van der Waals surface area contributed by atoms with Crippen molar-refractivity contribution in [2.75, 3.05) is 26.7 Å². The van der Waals surface area contributed by atoms with Crippen molar-refractivity contribution in [1.29, 1.82) is 0 Å². The standard InChI is InChI=1S/C17H25N7/c1-23(9-7-18)10-12-2-4-13(5-3-12)15-16-14-6-8-19-17(14)20-11-24(16)22-21-15/h6,8,11-13,19H,2-5,7,9-10,18H2,1H3. The number of H-pyrrole nitrogens is 1. The molecule has 3 aromatic heterocycles. The number of likely N-dealkylation sites (N-methyl/N-ethyl adjacent to an activating group) is 1. The SMILES string of the molecule is CN(CCN)CC1CCC(c2nnn3cnc4[nH]ccc4c23)CC1. The molecule has 1 saturated carbocycles. The van der Waals surface area contributed by atoms with Crippen LogP contribution in [0.25, 0.3) is 16.6 Å². The highest BCUT2D eigenvalue weighted by atomic mass is 15.4. The van der Waals surface area contributed by atoms with Crippen LogP contribution in [0.5, 0.6) is 0 Å². The predicted molar refractivity (Wildman–Crippen MR) is 93.9 cm³/mol. The van der Waals surface area contributed by atoms with E-state index < -0.39 is 0 Å². The zero-order valence-corrected chi connectivity index (χ0v) is 14.1. The number of fused-ring (bicyclic) bond motifs is 3. The molecule has 0 aliphatic heterocycles. The Labute approximate surface area is 141 Å². The first-order chi connectivity index (χ1) is 11.8. The molecular weight excluding hydrogens is 302 g/mol. The molecule has 0 unspecified atom stereocenters. The van der Waals surface area contributed by atoms with Gasteiger partial charge in [-0.15, -0.1) is 5.10 Å². The van der Waals surface area contributed by atoms with E-state index in [1.54, 1.807) is 6.33 Å². The van der Waals surface area contributed by atoms with Gasteiger partial charge in [-0.25, -0.2) is 9.50 Å². The summed E-state index contributed by atoms with van der Waals surface area (Å²) in [5.41, 5.74) is 8.80. The van der Waals surface area contributed by atoms with Crippen LogP contribution in [-0.2, 0) is 0 Å². The molecule has 0 atom stereocenters. The lowest BCUT2D eigenvalue weighted by Crippen LogP contribution is -2.32. The molecule has 4 rings (SSSR count). The molecule has 3 N–H and O–H groups in total. The summed E-state index contributed by atoms with van der Waals surface area (Å²) in [5, 5.41) is 9.89. The smallest absolute Gasteiger partial charge is 0.141 e. The second-order valence-electron chi connectivity index (χ2n) is 7.02. The van der Waals surface area contributed by atoms with Gasteiger partial charge in [-0.2, -0.15) is 0 Å². The van der Waals surface area contributed by atoms with Gasteiger partial charge in [0.1, 0.15) is 17.5 Å². The minimum atomic E-state index is 0.499. The van der Waals surface area contributed by atoms with E-state index in [2.05, 4.69) is 38.3 Å². The van der Waals surface area contributed by atoms with Gasteiger partial charge in [-0.1, -0.05) is 5.21 Å². The number of hydrogen-bond donors (Lipinski definition) is 2. The molecule has 0 saturated heterocycles. The summed E-state index contributed by atoms with van der Waals surface area (Å²) in [7, 11) is 2.17. The molecule has 24 heavy (non-hydrogen) atoms. The molecule has 1 aliphatic rings. The van der Waals surface area contributed by atoms with Gasteiger partial charge in [0.05, 0.1) is 5.69 Å². The molecule has 0 radical (unpaired) electrons. The average molecular weight is 327 g/mol. The van der Waals surface area contributed by atoms with Crippen molar-refractivity contribution >= 4 is 16.6 Å². The lowest BCUT2D eigenvalue weighted by molar-refractivity contribution is 0.226. The van der Waals surface area contributed by atoms with Gasteiger partial charge in [0, 0.05) is 37.1 Å². The quantitative estimate of drug-likeness (QED) is 0.745. The van der Waals surface area contributed by atoms with Gasteiger partial charge >= 0.3 is 0 Å². The Morgan fingerprint density at radius 3 is 2.96 bits per heavy atom. The summed E-state index contributed by atoms with van der Waals surface area (Å²) < 4.78 is 1.81. The first-order valence-corrected chi connectivity index (χ1v) is 8.82. The highest BCUT2D eigenvalue weighted by Gasteiger charge is 2.27. The lowest BCUT2D eigenvalue weighted by Gasteiger charge is -2.30. The Morgan fingerprint density at radius 1 is 1.33 bits per heavy atom. The van der Waals surface area contributed by atoms with Crippen LogP contribution in [0, 0.1) is 5.92 Å². The molecule has 0 aromatic carbocycles. The molecule has 7 heteroatoms. The van der Waals surface area contributed by atoms with Crippen LogP contribution < -0.4 is 5.73 Å². The van der Waals surface area contributed by atoms with Crippen LogP contribution in [0.4, 0.5) is 0 Å². The lowest BCUT2D eigenvalue weighted by atomic mass is 9.80. The number of aromatic nitrogens is 5. The van der Waals surface area contributed by atoms with Crippen molar-refractivity contribution in [3.05, 3.63) is 24.3 Å². The van der Waals surface area contributed by atoms with Crippen molar-refractivity contribution in [1.82, 2.24) is 29.7 Å². The highest BCUT2D eigenvalue weighted by Crippen LogP contribution is 2.37. The third kappa shape index (κ3) is 2.78. The van der Waals surface area contributed by atoms with Crippen LogP contribution >= 0.6 is 0 Å². The maximum Gasteiger partial charge on any atom is 0.141 e. The molecule has 1 fully saturated rings. The molecular formula is C17H25N7. The Hall–Kier alpha value is -1.99. The molecule has 1 aliphatic carbocycles. The predicted octanol–water partition coefficient (Wildman–Crippen LogP) is 1.77. The number of hydrogen-bond acceptors (Lipinski definition) is 5. The monoisotopic (exact) mass is 327 g/mol. The summed E-state index contributed by atoms with van der Waals surface area (Å²) in [6, 6.07) is 2.07. The molecule has 0 amide bonds. The Bertz CT molecular complexity index is 813. The van der Waals surface area contributed by atoms with E-state index in [0.29, 0.717) is 5.92 Å². The number of nitrogens with zero attached hydrogens (tertiary/aromatic N) is 5. The zero-order chi connectivity index (χ0) is 16.5. The first kappa shape index (κ1) is 15.5. The normalized spacial score (nSPS) is 22.0. The average Bonchev–Trinajstić information content (AvgIpc) is 3.21. The van der Waals surface area contributed by atoms with E-state index in [1.807, 2.05) is 10.7 Å². The Kier molecular flexibility index (Phi) is 4.20. The van der Waals surface area contributed by atoms with Gasteiger partial charge in [0.2, 0.25) is 0 Å². The summed E-state index contributed by atoms with van der Waals surface area (Å²) in [5.74, 6) is 1.27. The van der Waals surface area contributed by atoms with E-state index in [4.69, 9.17) is 5.73 Å². The molecule has 128 valence electrons. The van der Waals surface area contributed by atoms with Crippen molar-refractivity contribution in [2.45, 2.75) is 31.6 Å². The largest absolute Gasteiger partial charge is 0.346 e. The Morgan fingerprint density at radius 2 is 2.17 bits per heavy atom. The fourth-order valence-electron chi connectivity index (χ4n) is 4.06. The van der Waals surface area contributed by atoms with E-state index >= 15 is 0 Å². The minimum absolute atomic E-state index is 0.499. The van der Waals surface area contributed by atoms with Crippen LogP contribution in [-0.4, -0.2) is 56.4 Å². The zero-order valence-electron chi connectivity index (χ0n) is 14.1. The summed E-state index contributed by atoms with van der Waals surface area (Å²) >= 11 is 0. The van der Waals surface area contributed by atoms with Crippen LogP contribution in [0.3, 0.4) is 0 Å². The molecule has 0 bridgehead atoms. The summed E-state index contributed by atoms with van der Waals surface area (Å²) in [4.78, 5) is 9.91. The van der Waals surface area contributed by atoms with Gasteiger partial charge in [0.25, 0.3) is 0 Å². The minimum Gasteiger partial charge on any atom is -0.346 e. The summed E-state index contributed by atoms with van der Waals surface area (Å²) in [6.45, 7) is 2.87.